The number of hydrogen-bond acceptors (Lipinski definition) is 6. The Kier molecular flexibility index (Phi) is 5.69. The van der Waals surface area contributed by atoms with E-state index in [1.807, 2.05) is 13.1 Å². The van der Waals surface area contributed by atoms with Crippen LogP contribution in [0.5, 0.6) is 0 Å². The number of anilines is 1. The zero-order valence-electron chi connectivity index (χ0n) is 17.7. The monoisotopic (exact) mass is 424 g/mol. The lowest BCUT2D eigenvalue weighted by Crippen LogP contribution is -2.26. The topological polar surface area (TPSA) is 105 Å². The van der Waals surface area contributed by atoms with E-state index in [0.29, 0.717) is 28.3 Å². The first kappa shape index (κ1) is 20.9. The van der Waals surface area contributed by atoms with E-state index in [4.69, 9.17) is 4.98 Å². The van der Waals surface area contributed by atoms with Crippen molar-refractivity contribution in [3.05, 3.63) is 47.7 Å². The van der Waals surface area contributed by atoms with Gasteiger partial charge in [0.1, 0.15) is 11.5 Å². The number of benzene rings is 1. The number of aliphatic hydroxyl groups is 1. The molecule has 1 saturated carbocycles. The number of carbonyl (C=O) groups excluding carboxylic acids is 1. The molecule has 0 bridgehead atoms. The maximum atomic E-state index is 14.5. The fraction of sp³-hybridized carbons (Fsp3) is 0.364. The number of nitrogens with zero attached hydrogens (tertiary/aromatic N) is 4. The van der Waals surface area contributed by atoms with Crippen molar-refractivity contribution in [2.75, 3.05) is 11.9 Å². The molecule has 2 aromatic heterocycles. The van der Waals surface area contributed by atoms with Gasteiger partial charge in [-0.1, -0.05) is 0 Å². The lowest BCUT2D eigenvalue weighted by atomic mass is 10.0. The maximum Gasteiger partial charge on any atom is 0.254 e. The van der Waals surface area contributed by atoms with Crippen LogP contribution in [0, 0.1) is 12.7 Å². The van der Waals surface area contributed by atoms with Crippen LogP contribution in [0.15, 0.2) is 30.7 Å². The molecule has 1 fully saturated rings. The fourth-order valence-corrected chi connectivity index (χ4v) is 3.26. The molecule has 3 aromatic rings. The normalized spacial score (nSPS) is 14.4. The molecular formula is C22H25FN6O2. The highest BCUT2D eigenvalue weighted by molar-refractivity contribution is 5.96. The molecule has 3 N–H and O–H groups in total. The number of halogens is 1. The van der Waals surface area contributed by atoms with Crippen molar-refractivity contribution in [1.82, 2.24) is 25.1 Å². The average molecular weight is 424 g/mol. The van der Waals surface area contributed by atoms with E-state index in [1.54, 1.807) is 31.0 Å². The van der Waals surface area contributed by atoms with Crippen LogP contribution in [-0.4, -0.2) is 49.5 Å². The van der Waals surface area contributed by atoms with E-state index in [2.05, 4.69) is 20.7 Å². The minimum absolute atomic E-state index is 0.00617. The maximum absolute atomic E-state index is 14.5. The largest absolute Gasteiger partial charge is 0.394 e. The molecule has 1 aliphatic carbocycles. The predicted molar refractivity (Wildman–Crippen MR) is 115 cm³/mol. The van der Waals surface area contributed by atoms with Crippen molar-refractivity contribution < 1.29 is 14.3 Å². The Hall–Kier alpha value is -3.33. The molecule has 8 nitrogen and oxygen atoms in total. The molecule has 0 radical (unpaired) electrons. The van der Waals surface area contributed by atoms with E-state index in [0.717, 1.165) is 18.4 Å². The van der Waals surface area contributed by atoms with E-state index in [1.165, 1.54) is 12.1 Å². The number of aromatic nitrogens is 4. The molecule has 0 unspecified atom stereocenters. The Morgan fingerprint density at radius 1 is 1.35 bits per heavy atom. The molecule has 1 aliphatic rings. The lowest BCUT2D eigenvalue weighted by Gasteiger charge is -2.16. The van der Waals surface area contributed by atoms with Gasteiger partial charge in [0.25, 0.3) is 5.91 Å². The second kappa shape index (κ2) is 8.43. The first-order valence-corrected chi connectivity index (χ1v) is 10.2. The van der Waals surface area contributed by atoms with E-state index >= 15 is 0 Å². The van der Waals surface area contributed by atoms with Crippen LogP contribution in [0.4, 0.5) is 10.2 Å². The van der Waals surface area contributed by atoms with Crippen LogP contribution < -0.4 is 10.6 Å². The second-order valence-corrected chi connectivity index (χ2v) is 7.98. The molecule has 1 aromatic carbocycles. The number of rotatable bonds is 7. The summed E-state index contributed by atoms with van der Waals surface area (Å²) in [5.74, 6) is -0.476. The van der Waals surface area contributed by atoms with E-state index in [9.17, 15) is 14.3 Å². The van der Waals surface area contributed by atoms with Crippen LogP contribution in [0.2, 0.25) is 0 Å². The molecule has 9 heteroatoms. The molecular weight excluding hydrogens is 399 g/mol. The van der Waals surface area contributed by atoms with Gasteiger partial charge in [0.2, 0.25) is 0 Å². The highest BCUT2D eigenvalue weighted by Gasteiger charge is 2.26. The fourth-order valence-electron chi connectivity index (χ4n) is 3.26. The van der Waals surface area contributed by atoms with Gasteiger partial charge >= 0.3 is 0 Å². The van der Waals surface area contributed by atoms with Crippen molar-refractivity contribution in [1.29, 1.82) is 0 Å². The Morgan fingerprint density at radius 3 is 2.77 bits per heavy atom. The van der Waals surface area contributed by atoms with Crippen LogP contribution >= 0.6 is 0 Å². The first-order valence-electron chi connectivity index (χ1n) is 10.2. The number of carbonyl (C=O) groups is 1. The van der Waals surface area contributed by atoms with Crippen molar-refractivity contribution >= 4 is 11.7 Å². The Balaban J connectivity index is 1.77. The van der Waals surface area contributed by atoms with E-state index in [-0.39, 0.29) is 24.3 Å². The van der Waals surface area contributed by atoms with Gasteiger partial charge in [-0.05, 0) is 44.4 Å². The van der Waals surface area contributed by atoms with E-state index < -0.39 is 11.7 Å². The standard InChI is InChI=1S/C22H25FN6O2/c1-12-6-18(23)17(22(31)27-15-4-5-15)7-16(12)19-9-24-21(26-13(2)11-30)20(28-19)14-8-25-29(3)10-14/h6-10,13,15,30H,4-5,11H2,1-3H3,(H,24,26)(H,27,31)/t13-/m0/s1. The Labute approximate surface area is 179 Å². The smallest absolute Gasteiger partial charge is 0.254 e. The van der Waals surface area contributed by atoms with Gasteiger partial charge in [0, 0.05) is 36.5 Å². The van der Waals surface area contributed by atoms with Crippen LogP contribution in [0.3, 0.4) is 0 Å². The summed E-state index contributed by atoms with van der Waals surface area (Å²) in [6.07, 6.45) is 6.91. The van der Waals surface area contributed by atoms with Gasteiger partial charge in [0.05, 0.1) is 30.3 Å². The number of hydrogen-bond donors (Lipinski definition) is 3. The molecule has 0 aliphatic heterocycles. The molecule has 0 saturated heterocycles. The van der Waals surface area contributed by atoms with Crippen molar-refractivity contribution in [3.63, 3.8) is 0 Å². The Bertz CT molecular complexity index is 1130. The summed E-state index contributed by atoms with van der Waals surface area (Å²) in [7, 11) is 1.80. The number of amides is 1. The van der Waals surface area contributed by atoms with Crippen molar-refractivity contribution in [2.24, 2.45) is 7.05 Å². The summed E-state index contributed by atoms with van der Waals surface area (Å²) < 4.78 is 16.2. The molecule has 0 spiro atoms. The minimum Gasteiger partial charge on any atom is -0.394 e. The summed E-state index contributed by atoms with van der Waals surface area (Å²) in [6.45, 7) is 3.54. The molecule has 162 valence electrons. The van der Waals surface area contributed by atoms with Crippen molar-refractivity contribution in [3.8, 4) is 22.5 Å². The number of aryl methyl sites for hydroxylation is 2. The average Bonchev–Trinajstić information content (AvgIpc) is 3.45. The van der Waals surface area contributed by atoms with Crippen molar-refractivity contribution in [2.45, 2.75) is 38.8 Å². The molecule has 1 amide bonds. The van der Waals surface area contributed by atoms with Gasteiger partial charge in [-0.3, -0.25) is 9.48 Å². The summed E-state index contributed by atoms with van der Waals surface area (Å²) in [5, 5.41) is 19.6. The van der Waals surface area contributed by atoms with Gasteiger partial charge in [0.15, 0.2) is 5.82 Å². The SMILES string of the molecule is Cc1cc(F)c(C(=O)NC2CC2)cc1-c1cnc(N[C@@H](C)CO)c(-c2cnn(C)c2)n1. The van der Waals surface area contributed by atoms with Gasteiger partial charge < -0.3 is 15.7 Å². The third kappa shape index (κ3) is 4.56. The van der Waals surface area contributed by atoms with Crippen LogP contribution in [0.1, 0.15) is 35.7 Å². The third-order valence-corrected chi connectivity index (χ3v) is 5.15. The highest BCUT2D eigenvalue weighted by atomic mass is 19.1. The first-order chi connectivity index (χ1) is 14.9. The molecule has 4 rings (SSSR count). The third-order valence-electron chi connectivity index (χ3n) is 5.15. The van der Waals surface area contributed by atoms with Crippen LogP contribution in [-0.2, 0) is 7.05 Å². The second-order valence-electron chi connectivity index (χ2n) is 7.98. The summed E-state index contributed by atoms with van der Waals surface area (Å²) in [6, 6.07) is 2.79. The Morgan fingerprint density at radius 2 is 2.13 bits per heavy atom. The lowest BCUT2D eigenvalue weighted by molar-refractivity contribution is 0.0947. The summed E-state index contributed by atoms with van der Waals surface area (Å²) >= 11 is 0. The summed E-state index contributed by atoms with van der Waals surface area (Å²) in [5.41, 5.74) is 3.08. The zero-order valence-corrected chi connectivity index (χ0v) is 17.7. The quantitative estimate of drug-likeness (QED) is 0.539. The predicted octanol–water partition coefficient (Wildman–Crippen LogP) is 2.68. The zero-order chi connectivity index (χ0) is 22.1. The summed E-state index contributed by atoms with van der Waals surface area (Å²) in [4.78, 5) is 21.8. The molecule has 31 heavy (non-hydrogen) atoms. The minimum atomic E-state index is -0.560. The molecule has 1 atom stereocenters. The van der Waals surface area contributed by atoms with Gasteiger partial charge in [-0.15, -0.1) is 0 Å². The number of nitrogens with one attached hydrogen (secondary N) is 2. The van der Waals surface area contributed by atoms with Gasteiger partial charge in [-0.2, -0.15) is 5.10 Å². The van der Waals surface area contributed by atoms with Crippen LogP contribution in [0.25, 0.3) is 22.5 Å². The number of aliphatic hydroxyl groups excluding tert-OH is 1. The molecule has 2 heterocycles. The van der Waals surface area contributed by atoms with Gasteiger partial charge in [-0.25, -0.2) is 14.4 Å². The highest BCUT2D eigenvalue weighted by Crippen LogP contribution is 2.31.